The summed E-state index contributed by atoms with van der Waals surface area (Å²) in [5, 5.41) is 4.37. The Morgan fingerprint density at radius 3 is 2.68 bits per heavy atom. The van der Waals surface area contributed by atoms with E-state index in [1.807, 2.05) is 19.1 Å². The van der Waals surface area contributed by atoms with E-state index in [1.165, 1.54) is 23.9 Å². The fraction of sp³-hybridized carbons (Fsp3) is 0.273. The van der Waals surface area contributed by atoms with Gasteiger partial charge in [-0.25, -0.2) is 18.7 Å². The Balaban J connectivity index is 1.78. The molecule has 0 amide bonds. The van der Waals surface area contributed by atoms with Gasteiger partial charge in [-0.2, -0.15) is 5.10 Å². The van der Waals surface area contributed by atoms with Crippen molar-refractivity contribution in [2.75, 3.05) is 7.11 Å². The van der Waals surface area contributed by atoms with Crippen LogP contribution in [0.4, 0.5) is 8.78 Å². The number of thioether (sulfide) groups is 1. The topological polar surface area (TPSA) is 69.9 Å². The molecule has 9 heteroatoms. The van der Waals surface area contributed by atoms with Crippen LogP contribution in [0.5, 0.6) is 5.75 Å². The van der Waals surface area contributed by atoms with Crippen LogP contribution in [0.3, 0.4) is 0 Å². The minimum absolute atomic E-state index is 0.134. The Bertz CT molecular complexity index is 1130. The van der Waals surface area contributed by atoms with E-state index in [4.69, 9.17) is 4.74 Å². The number of halogens is 2. The van der Waals surface area contributed by atoms with Gasteiger partial charge in [0.2, 0.25) is 0 Å². The number of benzene rings is 1. The van der Waals surface area contributed by atoms with Crippen molar-refractivity contribution in [2.24, 2.45) is 7.05 Å². The molecule has 0 bridgehead atoms. The van der Waals surface area contributed by atoms with Crippen molar-refractivity contribution < 1.29 is 18.3 Å². The number of ether oxygens (including phenoxy) is 1. The molecule has 162 valence electrons. The number of alkyl halides is 2. The lowest BCUT2D eigenvalue weighted by molar-refractivity contribution is 0.104. The van der Waals surface area contributed by atoms with Gasteiger partial charge in [0, 0.05) is 29.8 Å². The summed E-state index contributed by atoms with van der Waals surface area (Å²) in [7, 11) is 3.34. The van der Waals surface area contributed by atoms with E-state index in [2.05, 4.69) is 15.1 Å². The molecule has 2 heterocycles. The highest BCUT2D eigenvalue weighted by atomic mass is 32.2. The van der Waals surface area contributed by atoms with Crippen LogP contribution in [0.1, 0.15) is 45.0 Å². The number of allylic oxidation sites excluding steroid dienone is 1. The van der Waals surface area contributed by atoms with E-state index in [1.54, 1.807) is 44.1 Å². The number of hydrogen-bond donors (Lipinski definition) is 0. The van der Waals surface area contributed by atoms with Gasteiger partial charge in [0.15, 0.2) is 10.9 Å². The maximum atomic E-state index is 13.0. The number of rotatable bonds is 8. The molecule has 0 saturated heterocycles. The highest BCUT2D eigenvalue weighted by Crippen LogP contribution is 2.29. The van der Waals surface area contributed by atoms with Crippen LogP contribution in [-0.2, 0) is 12.8 Å². The first-order valence-corrected chi connectivity index (χ1v) is 10.4. The van der Waals surface area contributed by atoms with E-state index < -0.39 is 6.43 Å². The lowest BCUT2D eigenvalue weighted by Gasteiger charge is -2.10. The summed E-state index contributed by atoms with van der Waals surface area (Å²) >= 11 is 1.25. The standard InChI is InChI=1S/C22H22F2N4O2S/c1-13-9-18(21(23)24)27-22(26-13)31-12-16-10-15(6-8-20(16)30-4)5-7-19(29)17-11-25-28(3)14(17)2/h5-11,21H,12H2,1-4H3/b7-5+. The van der Waals surface area contributed by atoms with Crippen molar-refractivity contribution in [3.63, 3.8) is 0 Å². The quantitative estimate of drug-likeness (QED) is 0.212. The Kier molecular flexibility index (Phi) is 7.17. The van der Waals surface area contributed by atoms with Crippen molar-refractivity contribution in [2.45, 2.75) is 31.2 Å². The summed E-state index contributed by atoms with van der Waals surface area (Å²) in [5.74, 6) is 0.943. The van der Waals surface area contributed by atoms with Gasteiger partial charge in [0.1, 0.15) is 11.4 Å². The summed E-state index contributed by atoms with van der Waals surface area (Å²) < 4.78 is 33.1. The minimum atomic E-state index is -2.65. The molecule has 3 rings (SSSR count). The number of nitrogens with zero attached hydrogens (tertiary/aromatic N) is 4. The van der Waals surface area contributed by atoms with E-state index in [0.717, 1.165) is 16.8 Å². The number of carbonyl (C=O) groups excluding carboxylic acids is 1. The molecule has 0 aliphatic heterocycles. The third-order valence-corrected chi connectivity index (χ3v) is 5.56. The molecule has 0 aliphatic rings. The minimum Gasteiger partial charge on any atom is -0.496 e. The van der Waals surface area contributed by atoms with Crippen LogP contribution >= 0.6 is 11.8 Å². The number of methoxy groups -OCH3 is 1. The van der Waals surface area contributed by atoms with Crippen molar-refractivity contribution in [3.8, 4) is 5.75 Å². The van der Waals surface area contributed by atoms with E-state index in [-0.39, 0.29) is 16.6 Å². The second-order valence-corrected chi connectivity index (χ2v) is 7.78. The Morgan fingerprint density at radius 2 is 2.03 bits per heavy atom. The maximum absolute atomic E-state index is 13.0. The monoisotopic (exact) mass is 444 g/mol. The van der Waals surface area contributed by atoms with Gasteiger partial charge in [-0.1, -0.05) is 23.9 Å². The zero-order valence-electron chi connectivity index (χ0n) is 17.6. The summed E-state index contributed by atoms with van der Waals surface area (Å²) in [6.45, 7) is 3.49. The molecule has 0 aliphatic carbocycles. The SMILES string of the molecule is COc1ccc(/C=C/C(=O)c2cnn(C)c2C)cc1CSc1nc(C)cc(C(F)F)n1. The number of hydrogen-bond acceptors (Lipinski definition) is 6. The van der Waals surface area contributed by atoms with E-state index in [0.29, 0.717) is 22.8 Å². The largest absolute Gasteiger partial charge is 0.496 e. The number of ketones is 1. The van der Waals surface area contributed by atoms with E-state index >= 15 is 0 Å². The maximum Gasteiger partial charge on any atom is 0.280 e. The van der Waals surface area contributed by atoms with Crippen LogP contribution in [0.25, 0.3) is 6.08 Å². The van der Waals surface area contributed by atoms with Crippen molar-refractivity contribution in [1.82, 2.24) is 19.7 Å². The van der Waals surface area contributed by atoms with Gasteiger partial charge in [-0.3, -0.25) is 9.48 Å². The molecule has 3 aromatic rings. The molecule has 31 heavy (non-hydrogen) atoms. The zero-order valence-corrected chi connectivity index (χ0v) is 18.4. The molecular weight excluding hydrogens is 422 g/mol. The van der Waals surface area contributed by atoms with Crippen molar-refractivity contribution in [3.05, 3.63) is 70.3 Å². The molecular formula is C22H22F2N4O2S. The van der Waals surface area contributed by atoms with Gasteiger partial charge in [-0.05, 0) is 43.7 Å². The average Bonchev–Trinajstić information content (AvgIpc) is 3.08. The van der Waals surface area contributed by atoms with Crippen LogP contribution < -0.4 is 4.74 Å². The fourth-order valence-electron chi connectivity index (χ4n) is 2.90. The average molecular weight is 445 g/mol. The highest BCUT2D eigenvalue weighted by Gasteiger charge is 2.13. The summed E-state index contributed by atoms with van der Waals surface area (Å²) in [4.78, 5) is 20.6. The van der Waals surface area contributed by atoms with Gasteiger partial charge in [-0.15, -0.1) is 0 Å². The predicted molar refractivity (Wildman–Crippen MR) is 116 cm³/mol. The second kappa shape index (κ2) is 9.82. The van der Waals surface area contributed by atoms with Crippen molar-refractivity contribution in [1.29, 1.82) is 0 Å². The van der Waals surface area contributed by atoms with Crippen LogP contribution in [0.2, 0.25) is 0 Å². The van der Waals surface area contributed by atoms with Crippen LogP contribution in [0.15, 0.2) is 41.7 Å². The first-order valence-electron chi connectivity index (χ1n) is 9.43. The predicted octanol–water partition coefficient (Wildman–Crippen LogP) is 4.96. The second-order valence-electron chi connectivity index (χ2n) is 6.84. The molecule has 0 fully saturated rings. The molecule has 0 unspecified atom stereocenters. The first-order chi connectivity index (χ1) is 14.8. The van der Waals surface area contributed by atoms with Gasteiger partial charge in [0.25, 0.3) is 6.43 Å². The Labute approximate surface area is 183 Å². The molecule has 2 aromatic heterocycles. The number of aromatic nitrogens is 4. The third kappa shape index (κ3) is 5.55. The molecule has 0 atom stereocenters. The summed E-state index contributed by atoms with van der Waals surface area (Å²) in [6.07, 6.45) is 2.13. The van der Waals surface area contributed by atoms with Gasteiger partial charge < -0.3 is 4.74 Å². The third-order valence-electron chi connectivity index (χ3n) is 4.67. The van der Waals surface area contributed by atoms with Gasteiger partial charge >= 0.3 is 0 Å². The number of aryl methyl sites for hydroxylation is 2. The molecule has 1 aromatic carbocycles. The lowest BCUT2D eigenvalue weighted by atomic mass is 10.1. The molecule has 0 radical (unpaired) electrons. The number of carbonyl (C=O) groups is 1. The summed E-state index contributed by atoms with van der Waals surface area (Å²) in [6, 6.07) is 6.80. The summed E-state index contributed by atoms with van der Waals surface area (Å²) in [5.41, 5.74) is 3.19. The van der Waals surface area contributed by atoms with E-state index in [9.17, 15) is 13.6 Å². The highest BCUT2D eigenvalue weighted by molar-refractivity contribution is 7.98. The van der Waals surface area contributed by atoms with Gasteiger partial charge in [0.05, 0.1) is 18.9 Å². The molecule has 0 saturated carbocycles. The lowest BCUT2D eigenvalue weighted by Crippen LogP contribution is -1.99. The first kappa shape index (κ1) is 22.6. The Morgan fingerprint density at radius 1 is 1.26 bits per heavy atom. The fourth-order valence-corrected chi connectivity index (χ4v) is 3.79. The molecule has 0 N–H and O–H groups in total. The molecule has 0 spiro atoms. The van der Waals surface area contributed by atoms with Crippen LogP contribution in [-0.4, -0.2) is 32.6 Å². The van der Waals surface area contributed by atoms with Crippen LogP contribution in [0, 0.1) is 13.8 Å². The van der Waals surface area contributed by atoms with Crippen molar-refractivity contribution >= 4 is 23.6 Å². The molecule has 6 nitrogen and oxygen atoms in total. The normalized spacial score (nSPS) is 11.5. The Hall–Kier alpha value is -3.07. The smallest absolute Gasteiger partial charge is 0.280 e. The zero-order chi connectivity index (χ0) is 22.5.